The number of ether oxygens (including phenoxy) is 1. The molecule has 0 heterocycles. The van der Waals surface area contributed by atoms with Gasteiger partial charge in [-0.05, 0) is 42.5 Å². The summed E-state index contributed by atoms with van der Waals surface area (Å²) in [7, 11) is 0. The maximum Gasteiger partial charge on any atom is 0.461 e. The zero-order valence-corrected chi connectivity index (χ0v) is 11.8. The molecule has 2 aromatic carbocycles. The lowest BCUT2D eigenvalue weighted by Gasteiger charge is -2.17. The van der Waals surface area contributed by atoms with E-state index >= 15 is 0 Å². The van der Waals surface area contributed by atoms with Crippen LogP contribution in [0.15, 0.2) is 42.5 Å². The number of anilines is 3. The lowest BCUT2D eigenvalue weighted by molar-refractivity contribution is -0.253. The molecule has 3 N–H and O–H groups in total. The van der Waals surface area contributed by atoms with E-state index in [1.54, 1.807) is 18.2 Å². The molecule has 0 atom stereocenters. The van der Waals surface area contributed by atoms with Gasteiger partial charge in [-0.2, -0.15) is 17.6 Å². The van der Waals surface area contributed by atoms with E-state index in [1.807, 2.05) is 0 Å². The van der Waals surface area contributed by atoms with Crippen LogP contribution in [0.3, 0.4) is 0 Å². The summed E-state index contributed by atoms with van der Waals surface area (Å²) in [4.78, 5) is 0. The topological polar surface area (TPSA) is 47.3 Å². The van der Waals surface area contributed by atoms with E-state index in [1.165, 1.54) is 12.1 Å². The van der Waals surface area contributed by atoms with E-state index < -0.39 is 12.5 Å². The minimum Gasteiger partial charge on any atom is -0.428 e. The first-order valence-corrected chi connectivity index (χ1v) is 6.43. The molecule has 3 nitrogen and oxygen atoms in total. The third-order valence-electron chi connectivity index (χ3n) is 2.66. The molecule has 0 saturated carbocycles. The van der Waals surface area contributed by atoms with Crippen LogP contribution in [0.1, 0.15) is 0 Å². The Hall–Kier alpha value is -2.15. The summed E-state index contributed by atoms with van der Waals surface area (Å²) in [5.74, 6) is -0.380. The number of hydrogen-bond donors (Lipinski definition) is 2. The average Bonchev–Trinajstić information content (AvgIpc) is 2.44. The van der Waals surface area contributed by atoms with Crippen molar-refractivity contribution in [2.24, 2.45) is 0 Å². The molecular formula is C14H11ClF4N2O. The third kappa shape index (κ3) is 3.94. The van der Waals surface area contributed by atoms with Crippen LogP contribution in [0, 0.1) is 0 Å². The summed E-state index contributed by atoms with van der Waals surface area (Å²) in [5.41, 5.74) is 7.22. The van der Waals surface area contributed by atoms with Crippen molar-refractivity contribution in [1.29, 1.82) is 0 Å². The largest absolute Gasteiger partial charge is 0.461 e. The standard InChI is InChI=1S/C14H11ClF4N2O/c15-8-1-6-11(20)12(7-8)21-9-2-4-10(5-3-9)22-14(18,19)13(16)17/h1-7,13,21H,20H2. The maximum absolute atomic E-state index is 12.8. The summed E-state index contributed by atoms with van der Waals surface area (Å²) in [5, 5.41) is 3.39. The molecule has 0 radical (unpaired) electrons. The molecular weight excluding hydrogens is 324 g/mol. The first-order chi connectivity index (χ1) is 10.3. The zero-order chi connectivity index (χ0) is 16.3. The van der Waals surface area contributed by atoms with Gasteiger partial charge in [0.1, 0.15) is 5.75 Å². The smallest absolute Gasteiger partial charge is 0.428 e. The Balaban J connectivity index is 2.11. The molecule has 0 aliphatic rings. The fraction of sp³-hybridized carbons (Fsp3) is 0.143. The molecule has 0 amide bonds. The molecule has 2 rings (SSSR count). The Morgan fingerprint density at radius 3 is 2.32 bits per heavy atom. The number of nitrogens with two attached hydrogens (primary N) is 1. The fourth-order valence-electron chi connectivity index (χ4n) is 1.60. The molecule has 118 valence electrons. The molecule has 2 aromatic rings. The molecule has 0 fully saturated rings. The number of rotatable bonds is 5. The molecule has 0 aliphatic carbocycles. The van der Waals surface area contributed by atoms with Crippen molar-refractivity contribution in [3.05, 3.63) is 47.5 Å². The average molecular weight is 335 g/mol. The van der Waals surface area contributed by atoms with Gasteiger partial charge in [0.25, 0.3) is 0 Å². The highest BCUT2D eigenvalue weighted by Gasteiger charge is 2.43. The molecule has 0 aromatic heterocycles. The lowest BCUT2D eigenvalue weighted by atomic mass is 10.2. The van der Waals surface area contributed by atoms with Gasteiger partial charge in [0, 0.05) is 10.7 Å². The normalized spacial score (nSPS) is 11.5. The number of hydrogen-bond acceptors (Lipinski definition) is 3. The third-order valence-corrected chi connectivity index (χ3v) is 2.89. The van der Waals surface area contributed by atoms with E-state index in [2.05, 4.69) is 10.1 Å². The second kappa shape index (κ2) is 6.31. The van der Waals surface area contributed by atoms with Crippen molar-refractivity contribution < 1.29 is 22.3 Å². The fourth-order valence-corrected chi connectivity index (χ4v) is 1.77. The van der Waals surface area contributed by atoms with Crippen molar-refractivity contribution in [1.82, 2.24) is 0 Å². The minimum absolute atomic E-state index is 0.380. The monoisotopic (exact) mass is 334 g/mol. The number of halogens is 5. The second-order valence-electron chi connectivity index (χ2n) is 4.35. The highest BCUT2D eigenvalue weighted by molar-refractivity contribution is 6.31. The van der Waals surface area contributed by atoms with Gasteiger partial charge >= 0.3 is 12.5 Å². The number of nitrogens with one attached hydrogen (secondary N) is 1. The lowest BCUT2D eigenvalue weighted by Crippen LogP contribution is -2.33. The van der Waals surface area contributed by atoms with Gasteiger partial charge in [0.2, 0.25) is 0 Å². The van der Waals surface area contributed by atoms with Crippen LogP contribution < -0.4 is 15.8 Å². The predicted octanol–water partition coefficient (Wildman–Crippen LogP) is 4.90. The van der Waals surface area contributed by atoms with Gasteiger partial charge in [-0.25, -0.2) is 0 Å². The molecule has 8 heteroatoms. The number of nitrogen functional groups attached to an aromatic ring is 1. The van der Waals surface area contributed by atoms with Crippen LogP contribution in [0.25, 0.3) is 0 Å². The van der Waals surface area contributed by atoms with E-state index in [4.69, 9.17) is 17.3 Å². The number of benzene rings is 2. The van der Waals surface area contributed by atoms with Crippen LogP contribution >= 0.6 is 11.6 Å². The van der Waals surface area contributed by atoms with Gasteiger partial charge in [-0.15, -0.1) is 0 Å². The molecule has 0 unspecified atom stereocenters. The Kier molecular flexibility index (Phi) is 4.65. The van der Waals surface area contributed by atoms with E-state index in [9.17, 15) is 17.6 Å². The van der Waals surface area contributed by atoms with Gasteiger partial charge in [-0.3, -0.25) is 0 Å². The summed E-state index contributed by atoms with van der Waals surface area (Å²) in [6.45, 7) is 0. The Bertz CT molecular complexity index is 650. The van der Waals surface area contributed by atoms with E-state index in [-0.39, 0.29) is 5.75 Å². The van der Waals surface area contributed by atoms with Crippen LogP contribution in [0.2, 0.25) is 5.02 Å². The SMILES string of the molecule is Nc1ccc(Cl)cc1Nc1ccc(OC(F)(F)C(F)F)cc1. The van der Waals surface area contributed by atoms with Gasteiger partial charge in [0.05, 0.1) is 11.4 Å². The zero-order valence-electron chi connectivity index (χ0n) is 11.0. The molecule has 22 heavy (non-hydrogen) atoms. The van der Waals surface area contributed by atoms with Crippen LogP contribution in [-0.2, 0) is 0 Å². The van der Waals surface area contributed by atoms with E-state index in [0.29, 0.717) is 22.1 Å². The molecule has 0 aliphatic heterocycles. The summed E-state index contributed by atoms with van der Waals surface area (Å²) >= 11 is 5.84. The van der Waals surface area contributed by atoms with Gasteiger partial charge < -0.3 is 15.8 Å². The van der Waals surface area contributed by atoms with Crippen molar-refractivity contribution in [3.63, 3.8) is 0 Å². The summed E-state index contributed by atoms with van der Waals surface area (Å²) in [6, 6.07) is 9.86. The minimum atomic E-state index is -4.54. The highest BCUT2D eigenvalue weighted by atomic mass is 35.5. The van der Waals surface area contributed by atoms with Crippen molar-refractivity contribution in [2.75, 3.05) is 11.1 Å². The molecule has 0 spiro atoms. The highest BCUT2D eigenvalue weighted by Crippen LogP contribution is 2.30. The Morgan fingerprint density at radius 2 is 1.73 bits per heavy atom. The van der Waals surface area contributed by atoms with Crippen LogP contribution in [-0.4, -0.2) is 12.5 Å². The second-order valence-corrected chi connectivity index (χ2v) is 4.78. The molecule has 0 bridgehead atoms. The Labute approximate surface area is 128 Å². The molecule has 0 saturated heterocycles. The Morgan fingerprint density at radius 1 is 1.09 bits per heavy atom. The first-order valence-electron chi connectivity index (χ1n) is 6.05. The van der Waals surface area contributed by atoms with Crippen molar-refractivity contribution in [2.45, 2.75) is 12.5 Å². The quantitative estimate of drug-likeness (QED) is 0.603. The first kappa shape index (κ1) is 16.2. The summed E-state index contributed by atoms with van der Waals surface area (Å²) in [6.07, 6.45) is -8.44. The van der Waals surface area contributed by atoms with Gasteiger partial charge in [-0.1, -0.05) is 11.6 Å². The predicted molar refractivity (Wildman–Crippen MR) is 77.2 cm³/mol. The number of alkyl halides is 4. The maximum atomic E-state index is 12.8. The summed E-state index contributed by atoms with van der Waals surface area (Å²) < 4.78 is 53.5. The van der Waals surface area contributed by atoms with E-state index in [0.717, 1.165) is 12.1 Å². The van der Waals surface area contributed by atoms with Crippen molar-refractivity contribution >= 4 is 28.7 Å². The van der Waals surface area contributed by atoms with Crippen LogP contribution in [0.5, 0.6) is 5.75 Å². The van der Waals surface area contributed by atoms with Crippen molar-refractivity contribution in [3.8, 4) is 5.75 Å². The van der Waals surface area contributed by atoms with Crippen LogP contribution in [0.4, 0.5) is 34.6 Å². The van der Waals surface area contributed by atoms with Gasteiger partial charge in [0.15, 0.2) is 0 Å².